The zero-order valence-corrected chi connectivity index (χ0v) is 9.94. The van der Waals surface area contributed by atoms with Crippen molar-refractivity contribution in [1.82, 2.24) is 10.2 Å². The highest BCUT2D eigenvalue weighted by molar-refractivity contribution is 5.37. The predicted molar refractivity (Wildman–Crippen MR) is 60.2 cm³/mol. The number of rotatable bonds is 6. The van der Waals surface area contributed by atoms with Crippen molar-refractivity contribution < 1.29 is 17.9 Å². The fraction of sp³-hybridized carbons (Fsp3) is 0.600. The van der Waals surface area contributed by atoms with Crippen LogP contribution in [0.25, 0.3) is 0 Å². The van der Waals surface area contributed by atoms with E-state index in [0.717, 1.165) is 6.07 Å². The number of halogens is 3. The molecule has 0 unspecified atom stereocenters. The van der Waals surface area contributed by atoms with Crippen LogP contribution in [0.3, 0.4) is 0 Å². The number of hydrogen-bond donors (Lipinski definition) is 1. The van der Waals surface area contributed by atoms with Crippen LogP contribution in [-0.2, 0) is 10.9 Å². The summed E-state index contributed by atoms with van der Waals surface area (Å²) in [5.74, 6) is 0.352. The highest BCUT2D eigenvalue weighted by Gasteiger charge is 2.33. The van der Waals surface area contributed by atoms with Gasteiger partial charge in [-0.25, -0.2) is 0 Å². The van der Waals surface area contributed by atoms with Gasteiger partial charge in [-0.05, 0) is 12.1 Å². The summed E-state index contributed by atoms with van der Waals surface area (Å²) in [5, 5.41) is 6.72. The van der Waals surface area contributed by atoms with Crippen molar-refractivity contribution in [3.05, 3.63) is 17.8 Å². The van der Waals surface area contributed by atoms with Gasteiger partial charge >= 0.3 is 6.18 Å². The fourth-order valence-corrected chi connectivity index (χ4v) is 1.34. The van der Waals surface area contributed by atoms with Crippen LogP contribution in [-0.4, -0.2) is 43.5 Å². The van der Waals surface area contributed by atoms with Crippen LogP contribution >= 0.6 is 0 Å². The number of aromatic nitrogens is 2. The zero-order valence-electron chi connectivity index (χ0n) is 9.94. The van der Waals surface area contributed by atoms with Crippen molar-refractivity contribution in [2.45, 2.75) is 6.18 Å². The summed E-state index contributed by atoms with van der Waals surface area (Å²) >= 11 is 0. The minimum absolute atomic E-state index is 0.352. The summed E-state index contributed by atoms with van der Waals surface area (Å²) < 4.78 is 41.9. The molecular weight excluding hydrogens is 249 g/mol. The third kappa shape index (κ3) is 4.11. The van der Waals surface area contributed by atoms with Crippen LogP contribution in [0.4, 0.5) is 19.0 Å². The van der Waals surface area contributed by atoms with E-state index in [-0.39, 0.29) is 0 Å². The van der Waals surface area contributed by atoms with Crippen LogP contribution in [0.15, 0.2) is 12.1 Å². The fourth-order valence-electron chi connectivity index (χ4n) is 1.34. The molecule has 1 aromatic heterocycles. The molecule has 0 radical (unpaired) electrons. The van der Waals surface area contributed by atoms with Crippen molar-refractivity contribution in [3.8, 4) is 0 Å². The van der Waals surface area contributed by atoms with Gasteiger partial charge < -0.3 is 15.4 Å². The molecular formula is C10H15F3N4O. The van der Waals surface area contributed by atoms with E-state index < -0.39 is 11.9 Å². The zero-order chi connectivity index (χ0) is 13.6. The first-order chi connectivity index (χ1) is 8.49. The summed E-state index contributed by atoms with van der Waals surface area (Å²) in [7, 11) is 1.54. The van der Waals surface area contributed by atoms with Crippen molar-refractivity contribution in [2.24, 2.45) is 5.73 Å². The van der Waals surface area contributed by atoms with Crippen molar-refractivity contribution in [1.29, 1.82) is 0 Å². The Morgan fingerprint density at radius 1 is 1.28 bits per heavy atom. The molecule has 1 heterocycles. The number of anilines is 1. The van der Waals surface area contributed by atoms with E-state index >= 15 is 0 Å². The molecule has 18 heavy (non-hydrogen) atoms. The van der Waals surface area contributed by atoms with E-state index in [2.05, 4.69) is 10.2 Å². The molecule has 5 nitrogen and oxygen atoms in total. The van der Waals surface area contributed by atoms with Crippen molar-refractivity contribution in [3.63, 3.8) is 0 Å². The lowest BCUT2D eigenvalue weighted by Crippen LogP contribution is -2.33. The monoisotopic (exact) mass is 264 g/mol. The Bertz CT molecular complexity index is 355. The second-order valence-electron chi connectivity index (χ2n) is 3.54. The average molecular weight is 264 g/mol. The second kappa shape index (κ2) is 6.50. The molecule has 0 fully saturated rings. The van der Waals surface area contributed by atoms with Gasteiger partial charge in [0.15, 0.2) is 11.5 Å². The number of ether oxygens (including phenoxy) is 1. The lowest BCUT2D eigenvalue weighted by molar-refractivity contribution is -0.141. The molecule has 0 saturated heterocycles. The van der Waals surface area contributed by atoms with Crippen LogP contribution in [0.1, 0.15) is 5.69 Å². The van der Waals surface area contributed by atoms with Gasteiger partial charge in [0.2, 0.25) is 0 Å². The van der Waals surface area contributed by atoms with Crippen molar-refractivity contribution >= 4 is 5.82 Å². The van der Waals surface area contributed by atoms with E-state index in [1.807, 2.05) is 0 Å². The van der Waals surface area contributed by atoms with Crippen LogP contribution < -0.4 is 10.6 Å². The Kier molecular flexibility index (Phi) is 5.29. The Morgan fingerprint density at radius 3 is 2.44 bits per heavy atom. The third-order valence-electron chi connectivity index (χ3n) is 2.23. The van der Waals surface area contributed by atoms with Gasteiger partial charge in [0.1, 0.15) is 0 Å². The SMILES string of the molecule is COCCN(CCN)c1ccc(C(F)(F)F)nn1. The quantitative estimate of drug-likeness (QED) is 0.827. The smallest absolute Gasteiger partial charge is 0.383 e. The molecule has 0 aliphatic carbocycles. The molecule has 0 atom stereocenters. The second-order valence-corrected chi connectivity index (χ2v) is 3.54. The lowest BCUT2D eigenvalue weighted by Gasteiger charge is -2.22. The van der Waals surface area contributed by atoms with Crippen LogP contribution in [0.2, 0.25) is 0 Å². The van der Waals surface area contributed by atoms with Gasteiger partial charge in [0.05, 0.1) is 6.61 Å². The molecule has 0 bridgehead atoms. The Balaban J connectivity index is 2.79. The minimum Gasteiger partial charge on any atom is -0.383 e. The molecule has 0 saturated carbocycles. The van der Waals surface area contributed by atoms with Gasteiger partial charge in [-0.3, -0.25) is 0 Å². The van der Waals surface area contributed by atoms with E-state index in [9.17, 15) is 13.2 Å². The highest BCUT2D eigenvalue weighted by atomic mass is 19.4. The first-order valence-corrected chi connectivity index (χ1v) is 5.34. The van der Waals surface area contributed by atoms with Gasteiger partial charge in [-0.1, -0.05) is 0 Å². The first-order valence-electron chi connectivity index (χ1n) is 5.34. The number of methoxy groups -OCH3 is 1. The third-order valence-corrected chi connectivity index (χ3v) is 2.23. The molecule has 0 aliphatic rings. The van der Waals surface area contributed by atoms with Gasteiger partial charge in [0.25, 0.3) is 0 Å². The standard InChI is InChI=1S/C10H15F3N4O/c1-18-7-6-17(5-4-14)9-3-2-8(15-16-9)10(11,12)13/h2-3H,4-7,14H2,1H3. The Hall–Kier alpha value is -1.41. The van der Waals surface area contributed by atoms with Crippen LogP contribution in [0, 0.1) is 0 Å². The maximum Gasteiger partial charge on any atom is 0.435 e. The average Bonchev–Trinajstić information content (AvgIpc) is 2.33. The van der Waals surface area contributed by atoms with E-state index in [1.165, 1.54) is 6.07 Å². The largest absolute Gasteiger partial charge is 0.435 e. The summed E-state index contributed by atoms with van der Waals surface area (Å²) in [5.41, 5.74) is 4.42. The molecule has 8 heteroatoms. The van der Waals surface area contributed by atoms with Gasteiger partial charge in [-0.2, -0.15) is 13.2 Å². The Morgan fingerprint density at radius 2 is 2.00 bits per heavy atom. The molecule has 0 aliphatic heterocycles. The van der Waals surface area contributed by atoms with E-state index in [0.29, 0.717) is 32.1 Å². The number of hydrogen-bond acceptors (Lipinski definition) is 5. The first kappa shape index (κ1) is 14.7. The molecule has 0 spiro atoms. The highest BCUT2D eigenvalue weighted by Crippen LogP contribution is 2.27. The van der Waals surface area contributed by atoms with E-state index in [4.69, 9.17) is 10.5 Å². The summed E-state index contributed by atoms with van der Waals surface area (Å²) in [6.45, 7) is 1.77. The molecule has 2 N–H and O–H groups in total. The summed E-state index contributed by atoms with van der Waals surface area (Å²) in [6.07, 6.45) is -4.48. The molecule has 102 valence electrons. The molecule has 1 rings (SSSR count). The number of alkyl halides is 3. The maximum atomic E-state index is 12.3. The molecule has 0 aromatic carbocycles. The molecule has 0 amide bonds. The molecule has 1 aromatic rings. The van der Waals surface area contributed by atoms with Gasteiger partial charge in [0, 0.05) is 26.7 Å². The normalized spacial score (nSPS) is 11.6. The number of nitrogens with two attached hydrogens (primary N) is 1. The predicted octanol–water partition coefficient (Wildman–Crippen LogP) is 0.907. The minimum atomic E-state index is -4.48. The maximum absolute atomic E-state index is 12.3. The van der Waals surface area contributed by atoms with Gasteiger partial charge in [-0.15, -0.1) is 10.2 Å². The van der Waals surface area contributed by atoms with E-state index in [1.54, 1.807) is 12.0 Å². The topological polar surface area (TPSA) is 64.3 Å². The summed E-state index contributed by atoms with van der Waals surface area (Å²) in [4.78, 5) is 1.72. The number of nitrogens with zero attached hydrogens (tertiary/aromatic N) is 3. The lowest BCUT2D eigenvalue weighted by atomic mass is 10.3. The van der Waals surface area contributed by atoms with Crippen LogP contribution in [0.5, 0.6) is 0 Å². The Labute approximate surface area is 103 Å². The van der Waals surface area contributed by atoms with Crippen molar-refractivity contribution in [2.75, 3.05) is 38.3 Å². The summed E-state index contributed by atoms with van der Waals surface area (Å²) in [6, 6.07) is 2.18.